The first-order chi connectivity index (χ1) is 36.8. The number of anilines is 3. The molecule has 0 saturated carbocycles. The van der Waals surface area contributed by atoms with E-state index >= 15 is 9.13 Å². The van der Waals surface area contributed by atoms with Gasteiger partial charge in [-0.2, -0.15) is 0 Å². The zero-order valence-corrected chi connectivity index (χ0v) is 43.3. The lowest BCUT2D eigenvalue weighted by atomic mass is 9.60. The van der Waals surface area contributed by atoms with Crippen LogP contribution in [0, 0.1) is 13.8 Å². The van der Waals surface area contributed by atoms with E-state index in [9.17, 15) is 0 Å². The standard InChI is InChI=1S/C69H51NO3P2/c1-48-22-18-20-34-59(48)50-36-40-65-61(44-50)69(62-45-51(60-35-21-19-23-49(60)2)37-41-66(62)70(65)52-24-8-3-9-25-52)63-46-57(74(71,53-26-10-4-11-27-53)54-28-12-5-13-29-54)38-42-67(63)73-68-43-39-58(47-64(68)69)75(72,55-30-14-6-15-31-55)56-32-16-7-17-33-56/h3-47H,1-2H3. The lowest BCUT2D eigenvalue weighted by Gasteiger charge is -2.49. The van der Waals surface area contributed by atoms with Crippen LogP contribution in [0.1, 0.15) is 33.4 Å². The van der Waals surface area contributed by atoms with Gasteiger partial charge in [-0.15, -0.1) is 0 Å². The maximum atomic E-state index is 16.7. The Balaban J connectivity index is 1.22. The predicted octanol–water partition coefficient (Wildman–Crippen LogP) is 15.2. The van der Waals surface area contributed by atoms with Gasteiger partial charge in [0.2, 0.25) is 0 Å². The van der Waals surface area contributed by atoms with E-state index in [4.69, 9.17) is 4.74 Å². The van der Waals surface area contributed by atoms with Gasteiger partial charge in [-0.25, -0.2) is 0 Å². The molecule has 0 aromatic heterocycles. The van der Waals surface area contributed by atoms with Gasteiger partial charge in [0.05, 0.1) is 16.8 Å². The van der Waals surface area contributed by atoms with Crippen LogP contribution >= 0.6 is 14.3 Å². The number of ether oxygens (including phenoxy) is 1. The third-order valence-electron chi connectivity index (χ3n) is 15.4. The van der Waals surface area contributed by atoms with Crippen LogP contribution in [0.4, 0.5) is 17.1 Å². The molecule has 0 bridgehead atoms. The first-order valence-electron chi connectivity index (χ1n) is 25.4. The monoisotopic (exact) mass is 1000 g/mol. The van der Waals surface area contributed by atoms with Gasteiger partial charge in [0, 0.05) is 48.6 Å². The van der Waals surface area contributed by atoms with Crippen LogP contribution in [0.2, 0.25) is 0 Å². The molecule has 4 nitrogen and oxygen atoms in total. The van der Waals surface area contributed by atoms with Gasteiger partial charge >= 0.3 is 0 Å². The Labute approximate surface area is 439 Å². The van der Waals surface area contributed by atoms with Crippen molar-refractivity contribution in [1.82, 2.24) is 0 Å². The molecule has 0 atom stereocenters. The Bertz CT molecular complexity index is 3740. The van der Waals surface area contributed by atoms with Crippen molar-refractivity contribution in [1.29, 1.82) is 0 Å². The molecule has 11 aromatic rings. The minimum atomic E-state index is -3.56. The van der Waals surface area contributed by atoms with E-state index < -0.39 is 19.7 Å². The number of nitrogens with zero attached hydrogens (tertiary/aromatic N) is 1. The summed E-state index contributed by atoms with van der Waals surface area (Å²) in [7, 11) is -7.12. The van der Waals surface area contributed by atoms with Crippen molar-refractivity contribution in [2.75, 3.05) is 4.90 Å². The molecule has 11 aromatic carbocycles. The third-order valence-corrected chi connectivity index (χ3v) is 21.5. The van der Waals surface area contributed by atoms with Crippen molar-refractivity contribution in [3.05, 3.63) is 306 Å². The van der Waals surface area contributed by atoms with E-state index in [1.54, 1.807) is 0 Å². The van der Waals surface area contributed by atoms with Gasteiger partial charge in [0.15, 0.2) is 14.3 Å². The molecule has 360 valence electrons. The van der Waals surface area contributed by atoms with E-state index in [1.165, 1.54) is 0 Å². The second-order valence-corrected chi connectivity index (χ2v) is 25.1. The Morgan fingerprint density at radius 2 is 0.680 bits per heavy atom. The Morgan fingerprint density at radius 3 is 1.05 bits per heavy atom. The molecule has 0 aliphatic carbocycles. The summed E-state index contributed by atoms with van der Waals surface area (Å²) >= 11 is 0. The molecule has 6 heteroatoms. The smallest absolute Gasteiger partial charge is 0.171 e. The van der Waals surface area contributed by atoms with Gasteiger partial charge in [0.1, 0.15) is 11.5 Å². The van der Waals surface area contributed by atoms with E-state index in [1.807, 2.05) is 146 Å². The topological polar surface area (TPSA) is 46.6 Å². The van der Waals surface area contributed by atoms with Crippen molar-refractivity contribution < 1.29 is 13.9 Å². The third kappa shape index (κ3) is 7.35. The number of benzene rings is 11. The Morgan fingerprint density at radius 1 is 0.333 bits per heavy atom. The molecule has 2 heterocycles. The molecular formula is C69H51NO3P2. The molecule has 0 N–H and O–H groups in total. The van der Waals surface area contributed by atoms with Gasteiger partial charge in [-0.1, -0.05) is 200 Å². The summed E-state index contributed by atoms with van der Waals surface area (Å²) in [5.41, 5.74) is 12.1. The minimum Gasteiger partial charge on any atom is -0.457 e. The minimum absolute atomic E-state index is 0.647. The lowest BCUT2D eigenvalue weighted by molar-refractivity contribution is 0.434. The summed E-state index contributed by atoms with van der Waals surface area (Å²) in [4.78, 5) is 2.39. The molecule has 0 unspecified atom stereocenters. The lowest BCUT2D eigenvalue weighted by Crippen LogP contribution is -2.41. The molecule has 13 rings (SSSR count). The molecule has 2 aliphatic rings. The molecule has 0 radical (unpaired) electrons. The number of aryl methyl sites for hydroxylation is 2. The maximum absolute atomic E-state index is 16.7. The van der Waals surface area contributed by atoms with Crippen molar-refractivity contribution in [3.63, 3.8) is 0 Å². The van der Waals surface area contributed by atoms with Crippen molar-refractivity contribution >= 4 is 63.2 Å². The van der Waals surface area contributed by atoms with Crippen LogP contribution in [0.15, 0.2) is 273 Å². The zero-order valence-electron chi connectivity index (χ0n) is 41.5. The first kappa shape index (κ1) is 46.3. The van der Waals surface area contributed by atoms with Crippen LogP contribution in [0.25, 0.3) is 22.3 Å². The van der Waals surface area contributed by atoms with Crippen LogP contribution < -0.4 is 41.5 Å². The van der Waals surface area contributed by atoms with Crippen molar-refractivity contribution in [2.24, 2.45) is 0 Å². The number of fused-ring (bicyclic) bond motifs is 8. The van der Waals surface area contributed by atoms with E-state index in [2.05, 4.69) is 146 Å². The number of para-hydroxylation sites is 1. The second-order valence-electron chi connectivity index (χ2n) is 19.5. The molecule has 1 spiro atoms. The van der Waals surface area contributed by atoms with Crippen molar-refractivity contribution in [3.8, 4) is 33.8 Å². The summed E-state index contributed by atoms with van der Waals surface area (Å²) in [5.74, 6) is 1.29. The largest absolute Gasteiger partial charge is 0.457 e. The highest BCUT2D eigenvalue weighted by Gasteiger charge is 2.53. The fourth-order valence-corrected chi connectivity index (χ4v) is 17.2. The highest BCUT2D eigenvalue weighted by Crippen LogP contribution is 2.64. The molecule has 0 amide bonds. The molecule has 0 saturated heterocycles. The highest BCUT2D eigenvalue weighted by molar-refractivity contribution is 7.85. The fraction of sp³-hybridized carbons (Fsp3) is 0.0435. The first-order valence-corrected chi connectivity index (χ1v) is 28.9. The van der Waals surface area contributed by atoms with Crippen molar-refractivity contribution in [2.45, 2.75) is 19.3 Å². The van der Waals surface area contributed by atoms with Crippen LogP contribution in [-0.4, -0.2) is 0 Å². The van der Waals surface area contributed by atoms with Gasteiger partial charge < -0.3 is 18.8 Å². The molecule has 75 heavy (non-hydrogen) atoms. The number of hydrogen-bond donors (Lipinski definition) is 0. The predicted molar refractivity (Wildman–Crippen MR) is 312 cm³/mol. The maximum Gasteiger partial charge on any atom is 0.171 e. The summed E-state index contributed by atoms with van der Waals surface area (Å²) < 4.78 is 40.7. The average Bonchev–Trinajstić information content (AvgIpc) is 3.50. The van der Waals surface area contributed by atoms with Gasteiger partial charge in [-0.05, 0) is 131 Å². The SMILES string of the molecule is Cc1ccccc1-c1ccc2c(c1)C1(c3cc(P(=O)(c4ccccc4)c4ccccc4)ccc3Oc3ccc(P(=O)(c4ccccc4)c4ccccc4)cc31)c1cc(-c3ccccc3C)ccc1N2c1ccccc1. The fourth-order valence-electron chi connectivity index (χ4n) is 11.8. The highest BCUT2D eigenvalue weighted by atomic mass is 31.2. The second kappa shape index (κ2) is 18.4. The average molecular weight is 1000 g/mol. The van der Waals surface area contributed by atoms with Crippen LogP contribution in [-0.2, 0) is 14.5 Å². The summed E-state index contributed by atoms with van der Waals surface area (Å²) in [5, 5.41) is 4.30. The van der Waals surface area contributed by atoms with E-state index in [0.29, 0.717) is 22.1 Å². The van der Waals surface area contributed by atoms with Crippen LogP contribution in [0.5, 0.6) is 11.5 Å². The van der Waals surface area contributed by atoms with Gasteiger partial charge in [0.25, 0.3) is 0 Å². The molecule has 2 aliphatic heterocycles. The summed E-state index contributed by atoms with van der Waals surface area (Å²) in [6.07, 6.45) is 0. The summed E-state index contributed by atoms with van der Waals surface area (Å²) in [6, 6.07) is 93.3. The molecule has 0 fully saturated rings. The number of rotatable bonds is 9. The van der Waals surface area contributed by atoms with Gasteiger partial charge in [-0.3, -0.25) is 0 Å². The Kier molecular flexibility index (Phi) is 11.4. The Hall–Kier alpha value is -8.52. The molecular weight excluding hydrogens is 953 g/mol. The van der Waals surface area contributed by atoms with Crippen LogP contribution in [0.3, 0.4) is 0 Å². The normalized spacial score (nSPS) is 13.2. The summed E-state index contributed by atoms with van der Waals surface area (Å²) in [6.45, 7) is 4.33. The number of hydrogen-bond acceptors (Lipinski definition) is 4. The van der Waals surface area contributed by atoms with E-state index in [-0.39, 0.29) is 0 Å². The zero-order chi connectivity index (χ0) is 50.7. The van der Waals surface area contributed by atoms with E-state index in [0.717, 1.165) is 93.9 Å². The quantitative estimate of drug-likeness (QED) is 0.135.